The first-order valence-corrected chi connectivity index (χ1v) is 1.22. The van der Waals surface area contributed by atoms with E-state index in [4.69, 9.17) is 10.8 Å². The topological polar surface area (TPSA) is 77.8 Å². The van der Waals surface area contributed by atoms with Crippen molar-refractivity contribution in [1.29, 1.82) is 0 Å². The van der Waals surface area contributed by atoms with Crippen LogP contribution in [-0.2, 0) is 0 Å². The van der Waals surface area contributed by atoms with Gasteiger partial charge in [-0.05, 0) is 0 Å². The lowest BCUT2D eigenvalue weighted by Crippen LogP contribution is -2.02. The Labute approximate surface area is 42.9 Å². The predicted molar refractivity (Wildman–Crippen MR) is 27.0 cm³/mol. The Balaban J connectivity index is -0.0000000450. The molecule has 4 heteroatoms. The molecule has 3 nitrogen and oxygen atoms in total. The Hall–Kier alpha value is 0.170. The Morgan fingerprint density at radius 3 is 1.67 bits per heavy atom. The number of rotatable bonds is 1. The number of nitrogens with two attached hydrogens (primary N) is 1. The van der Waals surface area contributed by atoms with E-state index in [1.165, 1.54) is 0 Å². The normalized spacial score (nSPS) is 5.00. The predicted octanol–water partition coefficient (Wildman–Crippen LogP) is -1.47. The zero-order valence-electron chi connectivity index (χ0n) is 3.35. The summed E-state index contributed by atoms with van der Waals surface area (Å²) in [5.74, 6) is 0. The van der Waals surface area contributed by atoms with Gasteiger partial charge in [0, 0.05) is 6.54 Å². The minimum Gasteiger partial charge on any atom is -0.412 e. The fourth-order valence-corrected chi connectivity index (χ4v) is 0. The second-order valence-corrected chi connectivity index (χ2v) is 0.512. The highest BCUT2D eigenvalue weighted by Gasteiger charge is 1.56. The average molecular weight is 116 g/mol. The van der Waals surface area contributed by atoms with Crippen molar-refractivity contribution >= 4 is 12.4 Å². The molecule has 0 atom stereocenters. The van der Waals surface area contributed by atoms with Gasteiger partial charge in [-0.3, -0.25) is 0 Å². The fraction of sp³-hybridized carbons (Fsp3) is 1.00. The van der Waals surface area contributed by atoms with E-state index in [0.717, 1.165) is 0 Å². The van der Waals surface area contributed by atoms with Gasteiger partial charge in [0.1, 0.15) is 0 Å². The molecule has 0 aliphatic heterocycles. The summed E-state index contributed by atoms with van der Waals surface area (Å²) in [6.45, 7) is 0.472. The van der Waals surface area contributed by atoms with Crippen LogP contribution in [0.4, 0.5) is 0 Å². The molecule has 42 valence electrons. The molecule has 0 rings (SSSR count). The van der Waals surface area contributed by atoms with E-state index in [2.05, 4.69) is 0 Å². The van der Waals surface area contributed by atoms with Gasteiger partial charge in [0.2, 0.25) is 0 Å². The summed E-state index contributed by atoms with van der Waals surface area (Å²) in [5, 5.41) is 7.75. The molecule has 5 N–H and O–H groups in total. The summed E-state index contributed by atoms with van der Waals surface area (Å²) >= 11 is 0. The fourth-order valence-electron chi connectivity index (χ4n) is 0. The largest absolute Gasteiger partial charge is 0.412 e. The van der Waals surface area contributed by atoms with Crippen LogP contribution in [0.2, 0.25) is 0 Å². The molecule has 0 aliphatic carbocycles. The van der Waals surface area contributed by atoms with Gasteiger partial charge in [0.05, 0.1) is 6.61 Å². The lowest BCUT2D eigenvalue weighted by atomic mass is 10.8. The Morgan fingerprint density at radius 1 is 1.50 bits per heavy atom. The van der Waals surface area contributed by atoms with Crippen molar-refractivity contribution in [2.24, 2.45) is 5.73 Å². The number of halogens is 1. The summed E-state index contributed by atoms with van der Waals surface area (Å²) in [4.78, 5) is 0. The minimum absolute atomic E-state index is 0. The molecule has 0 heterocycles. The molecule has 0 unspecified atom stereocenters. The van der Waals surface area contributed by atoms with Gasteiger partial charge in [0.15, 0.2) is 0 Å². The third-order valence-electron chi connectivity index (χ3n) is 0.129. The van der Waals surface area contributed by atoms with Gasteiger partial charge in [-0.2, -0.15) is 0 Å². The molecule has 0 aromatic heterocycles. The van der Waals surface area contributed by atoms with Gasteiger partial charge in [-0.15, -0.1) is 12.4 Å². The van der Waals surface area contributed by atoms with E-state index < -0.39 is 0 Å². The molecule has 0 fully saturated rings. The Morgan fingerprint density at radius 2 is 1.67 bits per heavy atom. The summed E-state index contributed by atoms with van der Waals surface area (Å²) in [6.07, 6.45) is 0. The van der Waals surface area contributed by atoms with Crippen molar-refractivity contribution in [3.8, 4) is 0 Å². The molecule has 6 heavy (non-hydrogen) atoms. The van der Waals surface area contributed by atoms with E-state index >= 15 is 0 Å². The van der Waals surface area contributed by atoms with Crippen LogP contribution in [0, 0.1) is 0 Å². The van der Waals surface area contributed by atoms with E-state index in [0.29, 0.717) is 6.54 Å². The van der Waals surface area contributed by atoms with Gasteiger partial charge in [0.25, 0.3) is 0 Å². The number of hydrogen-bond acceptors (Lipinski definition) is 2. The molecular weight excluding hydrogens is 105 g/mol. The van der Waals surface area contributed by atoms with E-state index in [9.17, 15) is 0 Å². The van der Waals surface area contributed by atoms with Gasteiger partial charge in [-0.25, -0.2) is 0 Å². The summed E-state index contributed by atoms with van der Waals surface area (Å²) in [6, 6.07) is 0. The van der Waals surface area contributed by atoms with Crippen LogP contribution in [-0.4, -0.2) is 23.7 Å². The maximum Gasteiger partial charge on any atom is 0.0553 e. The summed E-state index contributed by atoms with van der Waals surface area (Å²) < 4.78 is 0. The van der Waals surface area contributed by atoms with Crippen LogP contribution in [0.3, 0.4) is 0 Å². The van der Waals surface area contributed by atoms with Gasteiger partial charge in [-0.1, -0.05) is 0 Å². The quantitative estimate of drug-likeness (QED) is 0.438. The SMILES string of the molecule is Cl.NCCO.O. The van der Waals surface area contributed by atoms with Gasteiger partial charge >= 0.3 is 0 Å². The number of hydrogen-bond donors (Lipinski definition) is 2. The van der Waals surface area contributed by atoms with Crippen LogP contribution >= 0.6 is 12.4 Å². The van der Waals surface area contributed by atoms with Crippen molar-refractivity contribution < 1.29 is 10.6 Å². The lowest BCUT2D eigenvalue weighted by Gasteiger charge is -1.71. The zero-order valence-corrected chi connectivity index (χ0v) is 4.16. The highest BCUT2D eigenvalue weighted by atomic mass is 35.5. The van der Waals surface area contributed by atoms with Crippen molar-refractivity contribution in [1.82, 2.24) is 0 Å². The van der Waals surface area contributed by atoms with Crippen molar-refractivity contribution in [3.05, 3.63) is 0 Å². The number of aliphatic hydroxyl groups is 1. The van der Waals surface area contributed by atoms with E-state index in [1.54, 1.807) is 0 Å². The molecule has 0 spiro atoms. The van der Waals surface area contributed by atoms with Crippen LogP contribution in [0.15, 0.2) is 0 Å². The van der Waals surface area contributed by atoms with Crippen molar-refractivity contribution in [2.45, 2.75) is 0 Å². The van der Waals surface area contributed by atoms with Crippen LogP contribution in [0.25, 0.3) is 0 Å². The molecule has 0 radical (unpaired) electrons. The first-order chi connectivity index (χ1) is 1.91. The molecule has 0 saturated carbocycles. The standard InChI is InChI=1S/C2H7NO.ClH.H2O/c3-1-2-4;;/h4H,1-3H2;1H;1H2. The van der Waals surface area contributed by atoms with Crippen molar-refractivity contribution in [2.75, 3.05) is 13.2 Å². The van der Waals surface area contributed by atoms with E-state index in [-0.39, 0.29) is 24.5 Å². The molecular formula is C2H10ClNO2. The summed E-state index contributed by atoms with van der Waals surface area (Å²) in [7, 11) is 0. The van der Waals surface area contributed by atoms with Crippen LogP contribution in [0.5, 0.6) is 0 Å². The second kappa shape index (κ2) is 19.1. The third kappa shape index (κ3) is 30.6. The second-order valence-electron chi connectivity index (χ2n) is 0.512. The maximum atomic E-state index is 7.75. The smallest absolute Gasteiger partial charge is 0.0553 e. The Bertz CT molecular complexity index is 13.5. The minimum atomic E-state index is 0. The molecule has 0 aromatic rings. The van der Waals surface area contributed by atoms with Crippen LogP contribution in [0.1, 0.15) is 0 Å². The van der Waals surface area contributed by atoms with Gasteiger partial charge < -0.3 is 16.3 Å². The average Bonchev–Trinajstić information content (AvgIpc) is 1.37. The highest BCUT2D eigenvalue weighted by Crippen LogP contribution is 1.33. The third-order valence-corrected chi connectivity index (χ3v) is 0.129. The molecule has 0 amide bonds. The van der Waals surface area contributed by atoms with Crippen LogP contribution < -0.4 is 5.73 Å². The monoisotopic (exact) mass is 115 g/mol. The van der Waals surface area contributed by atoms with Crippen molar-refractivity contribution in [3.63, 3.8) is 0 Å². The highest BCUT2D eigenvalue weighted by molar-refractivity contribution is 5.85. The lowest BCUT2D eigenvalue weighted by molar-refractivity contribution is 0.306. The number of aliphatic hydroxyl groups excluding tert-OH is 1. The first-order valence-electron chi connectivity index (χ1n) is 1.22. The van der Waals surface area contributed by atoms with E-state index in [1.807, 2.05) is 0 Å². The first kappa shape index (κ1) is 16.4. The molecule has 0 saturated heterocycles. The molecule has 0 aliphatic rings. The zero-order chi connectivity index (χ0) is 3.41. The molecule has 0 aromatic carbocycles. The summed E-state index contributed by atoms with van der Waals surface area (Å²) in [5.41, 5.74) is 4.78. The Kier molecular flexibility index (Phi) is 52.2. The maximum absolute atomic E-state index is 7.75. The molecule has 0 bridgehead atoms.